The molecule has 104 valence electrons. The molecule has 0 radical (unpaired) electrons. The van der Waals surface area contributed by atoms with E-state index in [-0.39, 0.29) is 0 Å². The third-order valence-corrected chi connectivity index (χ3v) is 5.42. The Morgan fingerprint density at radius 3 is 2.50 bits per heavy atom. The van der Waals surface area contributed by atoms with E-state index in [0.29, 0.717) is 0 Å². The number of hydrogen-bond donors (Lipinski definition) is 1. The molecule has 1 aliphatic heterocycles. The summed E-state index contributed by atoms with van der Waals surface area (Å²) in [6.07, 6.45) is 11.7. The number of rotatable bonds is 4. The largest absolute Gasteiger partial charge is 0.311 e. The predicted molar refractivity (Wildman–Crippen MR) is 76.7 cm³/mol. The Balaban J connectivity index is 1.61. The van der Waals surface area contributed by atoms with Gasteiger partial charge < -0.3 is 5.32 Å². The average Bonchev–Trinajstić information content (AvgIpc) is 3.23. The van der Waals surface area contributed by atoms with Crippen molar-refractivity contribution in [2.24, 2.45) is 11.8 Å². The topological polar surface area (TPSA) is 15.3 Å². The van der Waals surface area contributed by atoms with Crippen molar-refractivity contribution in [3.8, 4) is 0 Å². The summed E-state index contributed by atoms with van der Waals surface area (Å²) in [6, 6.07) is 1.61. The van der Waals surface area contributed by atoms with Crippen molar-refractivity contribution in [2.45, 2.75) is 70.4 Å². The monoisotopic (exact) mass is 250 g/mol. The van der Waals surface area contributed by atoms with Crippen LogP contribution < -0.4 is 5.32 Å². The first kappa shape index (κ1) is 12.9. The van der Waals surface area contributed by atoms with Gasteiger partial charge in [0.1, 0.15) is 0 Å². The highest BCUT2D eigenvalue weighted by Gasteiger charge is 2.36. The summed E-state index contributed by atoms with van der Waals surface area (Å²) in [5.41, 5.74) is 0. The van der Waals surface area contributed by atoms with Crippen LogP contribution in [0.4, 0.5) is 0 Å². The molecule has 3 aliphatic rings. The molecule has 1 heterocycles. The van der Waals surface area contributed by atoms with Gasteiger partial charge in [-0.15, -0.1) is 0 Å². The van der Waals surface area contributed by atoms with Crippen LogP contribution in [0.2, 0.25) is 0 Å². The van der Waals surface area contributed by atoms with Gasteiger partial charge in [-0.25, -0.2) is 0 Å². The van der Waals surface area contributed by atoms with Gasteiger partial charge in [0.15, 0.2) is 0 Å². The normalized spacial score (nSPS) is 35.8. The zero-order chi connectivity index (χ0) is 12.4. The van der Waals surface area contributed by atoms with Crippen LogP contribution in [-0.2, 0) is 0 Å². The van der Waals surface area contributed by atoms with Crippen molar-refractivity contribution in [3.05, 3.63) is 0 Å². The molecule has 1 saturated heterocycles. The molecule has 1 N–H and O–H groups in total. The van der Waals surface area contributed by atoms with E-state index >= 15 is 0 Å². The van der Waals surface area contributed by atoms with Crippen molar-refractivity contribution in [2.75, 3.05) is 19.6 Å². The van der Waals surface area contributed by atoms with E-state index in [9.17, 15) is 0 Å². The van der Waals surface area contributed by atoms with Crippen LogP contribution in [0.3, 0.4) is 0 Å². The Kier molecular flexibility index (Phi) is 4.25. The van der Waals surface area contributed by atoms with Crippen LogP contribution in [0.25, 0.3) is 0 Å². The highest BCUT2D eigenvalue weighted by molar-refractivity contribution is 4.92. The summed E-state index contributed by atoms with van der Waals surface area (Å²) in [5, 5.41) is 3.80. The number of piperazine rings is 1. The Morgan fingerprint density at radius 1 is 1.06 bits per heavy atom. The number of nitrogens with one attached hydrogen (secondary N) is 1. The SMILES string of the molecule is CCC1CN(CC2CC2)C(C2CCCCC2)CN1. The molecule has 0 spiro atoms. The predicted octanol–water partition coefficient (Wildman–Crippen LogP) is 3.03. The minimum Gasteiger partial charge on any atom is -0.311 e. The van der Waals surface area contributed by atoms with E-state index in [2.05, 4.69) is 17.1 Å². The number of hydrogen-bond acceptors (Lipinski definition) is 2. The van der Waals surface area contributed by atoms with Crippen molar-refractivity contribution in [1.29, 1.82) is 0 Å². The van der Waals surface area contributed by atoms with Crippen LogP contribution >= 0.6 is 0 Å². The fraction of sp³-hybridized carbons (Fsp3) is 1.00. The second-order valence-corrected chi connectivity index (χ2v) is 6.88. The van der Waals surface area contributed by atoms with E-state index in [1.54, 1.807) is 0 Å². The van der Waals surface area contributed by atoms with E-state index in [1.165, 1.54) is 71.0 Å². The summed E-state index contributed by atoms with van der Waals surface area (Å²) in [6.45, 7) is 6.30. The van der Waals surface area contributed by atoms with Gasteiger partial charge in [0.2, 0.25) is 0 Å². The van der Waals surface area contributed by atoms with Crippen LogP contribution in [0.15, 0.2) is 0 Å². The quantitative estimate of drug-likeness (QED) is 0.825. The van der Waals surface area contributed by atoms with E-state index in [4.69, 9.17) is 0 Å². The van der Waals surface area contributed by atoms with Gasteiger partial charge in [-0.1, -0.05) is 26.2 Å². The van der Waals surface area contributed by atoms with Crippen LogP contribution in [0.5, 0.6) is 0 Å². The zero-order valence-electron chi connectivity index (χ0n) is 12.0. The smallest absolute Gasteiger partial charge is 0.0249 e. The van der Waals surface area contributed by atoms with E-state index in [0.717, 1.165) is 23.9 Å². The Morgan fingerprint density at radius 2 is 1.83 bits per heavy atom. The average molecular weight is 250 g/mol. The second-order valence-electron chi connectivity index (χ2n) is 6.88. The maximum Gasteiger partial charge on any atom is 0.0249 e. The molecule has 0 aromatic heterocycles. The van der Waals surface area contributed by atoms with E-state index in [1.807, 2.05) is 0 Å². The van der Waals surface area contributed by atoms with Gasteiger partial charge in [-0.2, -0.15) is 0 Å². The molecule has 2 nitrogen and oxygen atoms in total. The highest BCUT2D eigenvalue weighted by atomic mass is 15.2. The molecular weight excluding hydrogens is 220 g/mol. The molecule has 2 saturated carbocycles. The summed E-state index contributed by atoms with van der Waals surface area (Å²) < 4.78 is 0. The van der Waals surface area contributed by atoms with Gasteiger partial charge in [0.05, 0.1) is 0 Å². The lowest BCUT2D eigenvalue weighted by Gasteiger charge is -2.45. The van der Waals surface area contributed by atoms with Crippen molar-refractivity contribution < 1.29 is 0 Å². The lowest BCUT2D eigenvalue weighted by molar-refractivity contribution is 0.0670. The molecule has 0 amide bonds. The maximum atomic E-state index is 3.80. The van der Waals surface area contributed by atoms with Crippen LogP contribution in [0.1, 0.15) is 58.3 Å². The molecular formula is C16H30N2. The van der Waals surface area contributed by atoms with Crippen molar-refractivity contribution in [1.82, 2.24) is 10.2 Å². The first-order chi connectivity index (χ1) is 8.86. The third kappa shape index (κ3) is 3.08. The summed E-state index contributed by atoms with van der Waals surface area (Å²) in [4.78, 5) is 2.87. The fourth-order valence-electron chi connectivity index (χ4n) is 4.00. The Bertz CT molecular complexity index is 256. The second kappa shape index (κ2) is 5.92. The fourth-order valence-corrected chi connectivity index (χ4v) is 4.00. The lowest BCUT2D eigenvalue weighted by Crippen LogP contribution is -2.59. The summed E-state index contributed by atoms with van der Waals surface area (Å²) >= 11 is 0. The molecule has 2 unspecified atom stereocenters. The molecule has 3 rings (SSSR count). The van der Waals surface area contributed by atoms with E-state index < -0.39 is 0 Å². The molecule has 3 fully saturated rings. The Labute approximate surface area is 113 Å². The van der Waals surface area contributed by atoms with Gasteiger partial charge in [-0.3, -0.25) is 4.90 Å². The molecule has 2 heteroatoms. The first-order valence-electron chi connectivity index (χ1n) is 8.34. The third-order valence-electron chi connectivity index (χ3n) is 5.42. The van der Waals surface area contributed by atoms with Gasteiger partial charge in [-0.05, 0) is 43.9 Å². The van der Waals surface area contributed by atoms with Gasteiger partial charge in [0.25, 0.3) is 0 Å². The van der Waals surface area contributed by atoms with Crippen LogP contribution in [0, 0.1) is 11.8 Å². The highest BCUT2D eigenvalue weighted by Crippen LogP contribution is 2.35. The van der Waals surface area contributed by atoms with Crippen molar-refractivity contribution in [3.63, 3.8) is 0 Å². The summed E-state index contributed by atoms with van der Waals surface area (Å²) in [5.74, 6) is 2.04. The minimum atomic E-state index is 0.753. The standard InChI is InChI=1S/C16H30N2/c1-2-15-12-18(11-13-8-9-13)16(10-17-15)14-6-4-3-5-7-14/h13-17H,2-12H2,1H3. The molecule has 18 heavy (non-hydrogen) atoms. The minimum absolute atomic E-state index is 0.753. The molecule has 2 aliphatic carbocycles. The summed E-state index contributed by atoms with van der Waals surface area (Å²) in [7, 11) is 0. The lowest BCUT2D eigenvalue weighted by atomic mass is 9.82. The molecule has 2 atom stereocenters. The molecule has 0 bridgehead atoms. The first-order valence-corrected chi connectivity index (χ1v) is 8.34. The van der Waals surface area contributed by atoms with Crippen LogP contribution in [-0.4, -0.2) is 36.6 Å². The maximum absolute atomic E-state index is 3.80. The zero-order valence-corrected chi connectivity index (χ0v) is 12.0. The Hall–Kier alpha value is -0.0800. The molecule has 0 aromatic rings. The molecule has 0 aromatic carbocycles. The van der Waals surface area contributed by atoms with Gasteiger partial charge >= 0.3 is 0 Å². The van der Waals surface area contributed by atoms with Gasteiger partial charge in [0, 0.05) is 31.7 Å². The number of nitrogens with zero attached hydrogens (tertiary/aromatic N) is 1. The van der Waals surface area contributed by atoms with Crippen molar-refractivity contribution >= 4 is 0 Å².